The Morgan fingerprint density at radius 3 is 2.14 bits per heavy atom. The number of alkyl carbamates (subject to hydrolysis) is 1. The van der Waals surface area contributed by atoms with Crippen LogP contribution in [-0.2, 0) is 14.3 Å². The second-order valence-corrected chi connectivity index (χ2v) is 11.6. The van der Waals surface area contributed by atoms with E-state index in [1.165, 1.54) is 6.42 Å². The largest absolute Gasteiger partial charge is 0.444 e. The maximum atomic E-state index is 14.1. The zero-order valence-electron chi connectivity index (χ0n) is 22.4. The molecule has 200 valence electrons. The Hall–Kier alpha value is -2.22. The smallest absolute Gasteiger partial charge is 0.408 e. The number of rotatable bonds is 8. The Kier molecular flexibility index (Phi) is 9.72. The van der Waals surface area contributed by atoms with Crippen LogP contribution in [0.25, 0.3) is 0 Å². The van der Waals surface area contributed by atoms with Gasteiger partial charge in [-0.3, -0.25) is 9.59 Å². The van der Waals surface area contributed by atoms with Gasteiger partial charge in [-0.15, -0.1) is 0 Å². The molecule has 1 aromatic carbocycles. The zero-order chi connectivity index (χ0) is 26.5. The first kappa shape index (κ1) is 28.4. The van der Waals surface area contributed by atoms with Gasteiger partial charge in [0.05, 0.1) is 0 Å². The third-order valence-electron chi connectivity index (χ3n) is 7.19. The molecule has 0 heterocycles. The number of carbonyl (C=O) groups excluding carboxylic acids is 3. The molecular weight excluding hydrogens is 474 g/mol. The maximum absolute atomic E-state index is 14.1. The minimum Gasteiger partial charge on any atom is -0.444 e. The molecule has 2 aliphatic carbocycles. The van der Waals surface area contributed by atoms with E-state index in [-0.39, 0.29) is 29.7 Å². The number of benzene rings is 1. The quantitative estimate of drug-likeness (QED) is 0.424. The van der Waals surface area contributed by atoms with Crippen molar-refractivity contribution in [2.45, 2.75) is 116 Å². The molecule has 0 saturated heterocycles. The summed E-state index contributed by atoms with van der Waals surface area (Å²) in [5.74, 6) is -0.341. The highest BCUT2D eigenvalue weighted by molar-refractivity contribution is 7.80. The second kappa shape index (κ2) is 12.3. The summed E-state index contributed by atoms with van der Waals surface area (Å²) in [7, 11) is 0. The van der Waals surface area contributed by atoms with E-state index in [9.17, 15) is 14.4 Å². The number of aryl methyl sites for hydroxylation is 2. The Morgan fingerprint density at radius 2 is 1.64 bits per heavy atom. The lowest BCUT2D eigenvalue weighted by atomic mass is 9.86. The molecule has 0 bridgehead atoms. The Morgan fingerprint density at radius 1 is 1.03 bits per heavy atom. The third kappa shape index (κ3) is 7.17. The fourth-order valence-corrected chi connectivity index (χ4v) is 5.43. The van der Waals surface area contributed by atoms with Gasteiger partial charge in [0.1, 0.15) is 17.7 Å². The Bertz CT molecular complexity index is 915. The number of hydrogen-bond acceptors (Lipinski definition) is 5. The molecule has 2 fully saturated rings. The molecule has 0 aliphatic heterocycles. The highest BCUT2D eigenvalue weighted by Gasteiger charge is 2.43. The van der Waals surface area contributed by atoms with Crippen LogP contribution in [0.15, 0.2) is 18.2 Å². The van der Waals surface area contributed by atoms with Gasteiger partial charge in [0.25, 0.3) is 0 Å². The summed E-state index contributed by atoms with van der Waals surface area (Å²) in [5.41, 5.74) is 2.11. The van der Waals surface area contributed by atoms with Crippen molar-refractivity contribution in [3.05, 3.63) is 34.9 Å². The normalized spacial score (nSPS) is 18.5. The van der Waals surface area contributed by atoms with Crippen molar-refractivity contribution in [1.29, 1.82) is 0 Å². The van der Waals surface area contributed by atoms with Crippen LogP contribution in [-0.4, -0.2) is 52.3 Å². The molecule has 36 heavy (non-hydrogen) atoms. The van der Waals surface area contributed by atoms with E-state index in [0.29, 0.717) is 0 Å². The van der Waals surface area contributed by atoms with Gasteiger partial charge in [0.15, 0.2) is 0 Å². The average molecular weight is 518 g/mol. The van der Waals surface area contributed by atoms with Crippen molar-refractivity contribution in [1.82, 2.24) is 15.5 Å². The van der Waals surface area contributed by atoms with Gasteiger partial charge in [-0.25, -0.2) is 4.79 Å². The molecule has 2 N–H and O–H groups in total. The van der Waals surface area contributed by atoms with Crippen LogP contribution in [0, 0.1) is 13.8 Å². The van der Waals surface area contributed by atoms with Gasteiger partial charge >= 0.3 is 6.09 Å². The lowest BCUT2D eigenvalue weighted by Crippen LogP contribution is -2.58. The van der Waals surface area contributed by atoms with Gasteiger partial charge in [0.2, 0.25) is 11.8 Å². The predicted molar refractivity (Wildman–Crippen MR) is 145 cm³/mol. The van der Waals surface area contributed by atoms with Crippen LogP contribution in [0.1, 0.15) is 94.9 Å². The lowest BCUT2D eigenvalue weighted by Gasteiger charge is -2.44. The molecular formula is C28H43N3O4S. The molecule has 0 radical (unpaired) electrons. The second-order valence-electron chi connectivity index (χ2n) is 11.3. The number of hydrogen-bond donors (Lipinski definition) is 3. The van der Waals surface area contributed by atoms with Crippen LogP contribution in [0.2, 0.25) is 0 Å². The van der Waals surface area contributed by atoms with Crippen molar-refractivity contribution >= 4 is 30.5 Å². The molecule has 2 saturated carbocycles. The van der Waals surface area contributed by atoms with E-state index in [0.717, 1.165) is 61.6 Å². The summed E-state index contributed by atoms with van der Waals surface area (Å²) in [6.07, 6.45) is 7.31. The minimum absolute atomic E-state index is 0.0681. The number of amides is 3. The van der Waals surface area contributed by atoms with Gasteiger partial charge in [-0.2, -0.15) is 12.6 Å². The van der Waals surface area contributed by atoms with Crippen molar-refractivity contribution in [2.75, 3.05) is 5.75 Å². The molecule has 1 aromatic rings. The first-order chi connectivity index (χ1) is 17.0. The van der Waals surface area contributed by atoms with E-state index in [4.69, 9.17) is 4.74 Å². The zero-order valence-corrected chi connectivity index (χ0v) is 23.3. The van der Waals surface area contributed by atoms with Gasteiger partial charge in [-0.05, 0) is 83.4 Å². The predicted octanol–water partition coefficient (Wildman–Crippen LogP) is 5.00. The Balaban J connectivity index is 1.97. The van der Waals surface area contributed by atoms with Gasteiger partial charge < -0.3 is 20.3 Å². The van der Waals surface area contributed by atoms with E-state index < -0.39 is 23.8 Å². The minimum atomic E-state index is -0.905. The van der Waals surface area contributed by atoms with Crippen LogP contribution >= 0.6 is 12.6 Å². The summed E-state index contributed by atoms with van der Waals surface area (Å²) in [6.45, 7) is 9.30. The monoisotopic (exact) mass is 517 g/mol. The van der Waals surface area contributed by atoms with Crippen molar-refractivity contribution in [2.24, 2.45) is 0 Å². The topological polar surface area (TPSA) is 87.7 Å². The molecule has 2 atom stereocenters. The molecule has 8 heteroatoms. The molecule has 3 amide bonds. The van der Waals surface area contributed by atoms with Crippen LogP contribution in [0.4, 0.5) is 4.79 Å². The van der Waals surface area contributed by atoms with E-state index >= 15 is 0 Å². The molecule has 0 spiro atoms. The van der Waals surface area contributed by atoms with E-state index in [2.05, 4.69) is 23.3 Å². The third-order valence-corrected chi connectivity index (χ3v) is 7.55. The van der Waals surface area contributed by atoms with E-state index in [1.807, 2.05) is 32.0 Å². The molecule has 3 rings (SSSR count). The molecule has 7 nitrogen and oxygen atoms in total. The van der Waals surface area contributed by atoms with Crippen LogP contribution in [0.5, 0.6) is 0 Å². The summed E-state index contributed by atoms with van der Waals surface area (Å²) in [6, 6.07) is 4.33. The van der Waals surface area contributed by atoms with Crippen LogP contribution in [0.3, 0.4) is 0 Å². The number of ether oxygens (including phenoxy) is 1. The number of carbonyl (C=O) groups is 3. The lowest BCUT2D eigenvalue weighted by molar-refractivity contribution is -0.147. The summed E-state index contributed by atoms with van der Waals surface area (Å²) < 4.78 is 5.40. The summed E-state index contributed by atoms with van der Waals surface area (Å²) in [5, 5.41) is 5.98. The average Bonchev–Trinajstić information content (AvgIpc) is 2.76. The number of nitrogens with one attached hydrogen (secondary N) is 2. The molecule has 2 unspecified atom stereocenters. The van der Waals surface area contributed by atoms with Crippen molar-refractivity contribution < 1.29 is 19.1 Å². The summed E-state index contributed by atoms with van der Waals surface area (Å²) >= 11 is 4.39. The van der Waals surface area contributed by atoms with Gasteiger partial charge in [-0.1, -0.05) is 37.5 Å². The van der Waals surface area contributed by atoms with Crippen molar-refractivity contribution in [3.63, 3.8) is 0 Å². The van der Waals surface area contributed by atoms with Gasteiger partial charge in [0, 0.05) is 17.8 Å². The van der Waals surface area contributed by atoms with Crippen molar-refractivity contribution in [3.8, 4) is 0 Å². The standard InChI is InChI=1S/C28H43N3O4S/c1-18-11-9-12-19(2)23(18)24(25(32)29-20-13-7-6-8-14-20)31(21-15-10-16-21)26(33)22(17-36)30-27(34)35-28(3,4)5/h9,11-12,20-22,24,36H,6-8,10,13-17H2,1-5H3,(H,29,32)(H,30,34). The SMILES string of the molecule is Cc1cccc(C)c1C(C(=O)NC1CCCCC1)N(C(=O)C(CS)NC(=O)OC(C)(C)C)C1CCC1. The first-order valence-electron chi connectivity index (χ1n) is 13.3. The molecule has 2 aliphatic rings. The fraction of sp³-hybridized carbons (Fsp3) is 0.679. The molecule has 0 aromatic heterocycles. The highest BCUT2D eigenvalue weighted by atomic mass is 32.1. The maximum Gasteiger partial charge on any atom is 0.408 e. The number of thiol groups is 1. The summed E-state index contributed by atoms with van der Waals surface area (Å²) in [4.78, 5) is 42.3. The highest BCUT2D eigenvalue weighted by Crippen LogP contribution is 2.36. The first-order valence-corrected chi connectivity index (χ1v) is 13.9. The number of nitrogens with zero attached hydrogens (tertiary/aromatic N) is 1. The van der Waals surface area contributed by atoms with Crippen LogP contribution < -0.4 is 10.6 Å². The fourth-order valence-electron chi connectivity index (χ4n) is 5.18. The van der Waals surface area contributed by atoms with E-state index in [1.54, 1.807) is 25.7 Å². The Labute approximate surface area is 221 Å².